The summed E-state index contributed by atoms with van der Waals surface area (Å²) in [6, 6.07) is 8.62. The van der Waals surface area contributed by atoms with E-state index in [0.717, 1.165) is 19.6 Å². The van der Waals surface area contributed by atoms with Crippen molar-refractivity contribution < 1.29 is 8.95 Å². The van der Waals surface area contributed by atoms with Crippen LogP contribution in [0.25, 0.3) is 0 Å². The van der Waals surface area contributed by atoms with E-state index in [2.05, 4.69) is 43.4 Å². The molecule has 0 bridgehead atoms. The van der Waals surface area contributed by atoms with Crippen LogP contribution >= 0.6 is 0 Å². The van der Waals surface area contributed by atoms with Crippen molar-refractivity contribution in [3.63, 3.8) is 0 Å². The Hall–Kier alpha value is -0.710. The van der Waals surface area contributed by atoms with Crippen molar-refractivity contribution in [1.82, 2.24) is 5.32 Å². The van der Waals surface area contributed by atoms with E-state index in [4.69, 9.17) is 4.74 Å². The molecule has 1 fully saturated rings. The van der Waals surface area contributed by atoms with Crippen LogP contribution in [0.3, 0.4) is 0 Å². The van der Waals surface area contributed by atoms with Gasteiger partial charge >= 0.3 is 0 Å². The van der Waals surface area contributed by atoms with Crippen molar-refractivity contribution in [1.29, 1.82) is 0 Å². The number of ether oxygens (including phenoxy) is 1. The number of hydrogen-bond acceptors (Lipinski definition) is 3. The Labute approximate surface area is 124 Å². The van der Waals surface area contributed by atoms with Crippen LogP contribution < -0.4 is 5.32 Å². The lowest BCUT2D eigenvalue weighted by molar-refractivity contribution is 0.127. The minimum atomic E-state index is -0.852. The van der Waals surface area contributed by atoms with Gasteiger partial charge in [0.25, 0.3) is 0 Å². The molecule has 4 heteroatoms. The number of hydrogen-bond donors (Lipinski definition) is 1. The number of nitrogens with one attached hydrogen (secondary N) is 1. The van der Waals surface area contributed by atoms with Gasteiger partial charge in [-0.2, -0.15) is 0 Å². The maximum Gasteiger partial charge on any atom is 0.0691 e. The van der Waals surface area contributed by atoms with Crippen molar-refractivity contribution in [3.8, 4) is 0 Å². The van der Waals surface area contributed by atoms with E-state index < -0.39 is 10.8 Å². The Morgan fingerprint density at radius 2 is 2.30 bits per heavy atom. The molecule has 0 saturated carbocycles. The Balaban J connectivity index is 2.07. The van der Waals surface area contributed by atoms with Crippen molar-refractivity contribution >= 4 is 10.8 Å². The van der Waals surface area contributed by atoms with Gasteiger partial charge in [-0.1, -0.05) is 36.8 Å². The molecule has 0 spiro atoms. The summed E-state index contributed by atoms with van der Waals surface area (Å²) in [6.07, 6.45) is 1.04. The molecule has 1 aliphatic rings. The zero-order valence-electron chi connectivity index (χ0n) is 12.6. The molecule has 0 radical (unpaired) electrons. The lowest BCUT2D eigenvalue weighted by Gasteiger charge is -2.21. The van der Waals surface area contributed by atoms with Gasteiger partial charge in [0.05, 0.1) is 11.4 Å². The molecule has 1 N–H and O–H groups in total. The van der Waals surface area contributed by atoms with Gasteiger partial charge < -0.3 is 10.1 Å². The predicted octanol–water partition coefficient (Wildman–Crippen LogP) is 2.57. The maximum absolute atomic E-state index is 12.6. The van der Waals surface area contributed by atoms with Gasteiger partial charge in [-0.25, -0.2) is 0 Å². The summed E-state index contributed by atoms with van der Waals surface area (Å²) in [5.74, 6) is 0.662. The fourth-order valence-corrected chi connectivity index (χ4v) is 4.50. The maximum atomic E-state index is 12.6. The van der Waals surface area contributed by atoms with Crippen molar-refractivity contribution in [2.45, 2.75) is 44.6 Å². The Kier molecular flexibility index (Phi) is 5.75. The average Bonchev–Trinajstić information content (AvgIpc) is 2.84. The number of aryl methyl sites for hydroxylation is 1. The smallest absolute Gasteiger partial charge is 0.0691 e. The quantitative estimate of drug-likeness (QED) is 0.876. The van der Waals surface area contributed by atoms with E-state index in [-0.39, 0.29) is 17.4 Å². The molecule has 1 saturated heterocycles. The molecule has 1 aliphatic heterocycles. The van der Waals surface area contributed by atoms with E-state index in [1.165, 1.54) is 11.1 Å². The molecule has 4 unspecified atom stereocenters. The second-order valence-corrected chi connectivity index (χ2v) is 7.18. The minimum Gasteiger partial charge on any atom is -0.377 e. The monoisotopic (exact) mass is 295 g/mol. The molecule has 20 heavy (non-hydrogen) atoms. The Morgan fingerprint density at radius 1 is 1.50 bits per heavy atom. The Bertz CT molecular complexity index is 464. The summed E-state index contributed by atoms with van der Waals surface area (Å²) in [7, 11) is -0.852. The van der Waals surface area contributed by atoms with E-state index in [0.29, 0.717) is 5.75 Å². The molecule has 1 heterocycles. The summed E-state index contributed by atoms with van der Waals surface area (Å²) in [5.41, 5.74) is 2.47. The molecule has 2 rings (SSSR count). The summed E-state index contributed by atoms with van der Waals surface area (Å²) in [5, 5.41) is 3.64. The largest absolute Gasteiger partial charge is 0.377 e. The standard InChI is InChI=1S/C16H25NO2S/c1-4-17-15(14-7-5-6-12(2)10-14)11-20(18)16-8-9-19-13(16)3/h5-7,10,13,15-17H,4,8-9,11H2,1-3H3. The highest BCUT2D eigenvalue weighted by atomic mass is 32.2. The lowest BCUT2D eigenvalue weighted by Crippen LogP contribution is -2.32. The fourth-order valence-electron chi connectivity index (χ4n) is 2.75. The van der Waals surface area contributed by atoms with Crippen LogP contribution in [-0.2, 0) is 15.5 Å². The Morgan fingerprint density at radius 3 is 2.90 bits per heavy atom. The molecule has 3 nitrogen and oxygen atoms in total. The van der Waals surface area contributed by atoms with E-state index in [9.17, 15) is 4.21 Å². The average molecular weight is 295 g/mol. The summed E-state index contributed by atoms with van der Waals surface area (Å²) in [4.78, 5) is 0. The van der Waals surface area contributed by atoms with Crippen LogP contribution in [0.1, 0.15) is 37.4 Å². The van der Waals surface area contributed by atoms with E-state index >= 15 is 0 Å². The molecule has 0 amide bonds. The van der Waals surface area contributed by atoms with Crippen molar-refractivity contribution in [2.24, 2.45) is 0 Å². The molecule has 4 atom stereocenters. The number of rotatable bonds is 6. The van der Waals surface area contributed by atoms with Gasteiger partial charge in [-0.3, -0.25) is 4.21 Å². The molecule has 0 aliphatic carbocycles. The topological polar surface area (TPSA) is 38.3 Å². The third kappa shape index (κ3) is 3.90. The van der Waals surface area contributed by atoms with Crippen LogP contribution in [0, 0.1) is 6.92 Å². The highest BCUT2D eigenvalue weighted by Gasteiger charge is 2.31. The molecular formula is C16H25NO2S. The van der Waals surface area contributed by atoms with Crippen molar-refractivity contribution in [3.05, 3.63) is 35.4 Å². The molecular weight excluding hydrogens is 270 g/mol. The highest BCUT2D eigenvalue weighted by Crippen LogP contribution is 2.23. The van der Waals surface area contributed by atoms with Gasteiger partial charge in [-0.05, 0) is 32.4 Å². The molecule has 1 aromatic carbocycles. The minimum absolute atomic E-state index is 0.121. The van der Waals surface area contributed by atoms with Crippen LogP contribution in [0.5, 0.6) is 0 Å². The molecule has 1 aromatic rings. The zero-order chi connectivity index (χ0) is 14.5. The first kappa shape index (κ1) is 15.7. The first-order valence-corrected chi connectivity index (χ1v) is 8.78. The SMILES string of the molecule is CCNC(CS(=O)C1CCOC1C)c1cccc(C)c1. The molecule has 112 valence electrons. The second-order valence-electron chi connectivity index (χ2n) is 5.47. The number of benzene rings is 1. The molecule has 0 aromatic heterocycles. The third-order valence-electron chi connectivity index (χ3n) is 3.87. The van der Waals surface area contributed by atoms with Gasteiger partial charge in [0.2, 0.25) is 0 Å². The van der Waals surface area contributed by atoms with Crippen LogP contribution in [0.4, 0.5) is 0 Å². The highest BCUT2D eigenvalue weighted by molar-refractivity contribution is 7.85. The summed E-state index contributed by atoms with van der Waals surface area (Å²) in [6.45, 7) is 7.84. The summed E-state index contributed by atoms with van der Waals surface area (Å²) < 4.78 is 18.1. The zero-order valence-corrected chi connectivity index (χ0v) is 13.4. The van der Waals surface area contributed by atoms with Crippen molar-refractivity contribution in [2.75, 3.05) is 18.9 Å². The van der Waals surface area contributed by atoms with Crippen LogP contribution in [0.15, 0.2) is 24.3 Å². The first-order valence-electron chi connectivity index (χ1n) is 7.40. The second kappa shape index (κ2) is 7.34. The van der Waals surface area contributed by atoms with Gasteiger partial charge in [0, 0.05) is 29.2 Å². The van der Waals surface area contributed by atoms with E-state index in [1.54, 1.807) is 0 Å². The van der Waals surface area contributed by atoms with E-state index in [1.807, 2.05) is 6.92 Å². The van der Waals surface area contributed by atoms with Gasteiger partial charge in [-0.15, -0.1) is 0 Å². The first-order chi connectivity index (χ1) is 9.61. The van der Waals surface area contributed by atoms with Gasteiger partial charge in [0.15, 0.2) is 0 Å². The third-order valence-corrected chi connectivity index (χ3v) is 5.83. The lowest BCUT2D eigenvalue weighted by atomic mass is 10.1. The summed E-state index contributed by atoms with van der Waals surface area (Å²) >= 11 is 0. The normalized spacial score (nSPS) is 25.6. The van der Waals surface area contributed by atoms with Gasteiger partial charge in [0.1, 0.15) is 0 Å². The van der Waals surface area contributed by atoms with Crippen LogP contribution in [0.2, 0.25) is 0 Å². The fraction of sp³-hybridized carbons (Fsp3) is 0.625. The predicted molar refractivity (Wildman–Crippen MR) is 84.4 cm³/mol. The van der Waals surface area contributed by atoms with Crippen LogP contribution in [-0.4, -0.2) is 34.5 Å².